The molecule has 4 aromatic rings. The Balaban J connectivity index is 1.84. The molecule has 0 aliphatic carbocycles. The monoisotopic (exact) mass is 667 g/mol. The molecular weight excluding hydrogens is 631 g/mol. The Morgan fingerprint density at radius 1 is 0.851 bits per heavy atom. The second-order valence-corrected chi connectivity index (χ2v) is 12.6. The predicted molar refractivity (Wildman–Crippen MR) is 173 cm³/mol. The van der Waals surface area contributed by atoms with E-state index in [-0.39, 0.29) is 23.5 Å². The lowest BCUT2D eigenvalue weighted by Crippen LogP contribution is -2.53. The number of rotatable bonds is 14. The van der Waals surface area contributed by atoms with E-state index in [2.05, 4.69) is 5.32 Å². The smallest absolute Gasteiger partial charge is 0.416 e. The number of carbonyl (C=O) groups is 2. The molecule has 4 rings (SSSR count). The average Bonchev–Trinajstić information content (AvgIpc) is 3.08. The van der Waals surface area contributed by atoms with Crippen molar-refractivity contribution < 1.29 is 35.9 Å². The Morgan fingerprint density at radius 3 is 2.13 bits per heavy atom. The Morgan fingerprint density at radius 2 is 1.49 bits per heavy atom. The van der Waals surface area contributed by atoms with E-state index in [1.54, 1.807) is 42.5 Å². The highest BCUT2D eigenvalue weighted by Gasteiger charge is 2.36. The van der Waals surface area contributed by atoms with Crippen LogP contribution in [0.3, 0.4) is 0 Å². The van der Waals surface area contributed by atoms with Crippen molar-refractivity contribution in [3.05, 3.63) is 126 Å². The fraction of sp³-hybridized carbons (Fsp3) is 0.257. The number of ether oxygens (including phenoxy) is 1. The maximum atomic E-state index is 14.4. The lowest BCUT2D eigenvalue weighted by Gasteiger charge is -2.34. The van der Waals surface area contributed by atoms with Gasteiger partial charge in [0.15, 0.2) is 0 Å². The summed E-state index contributed by atoms with van der Waals surface area (Å²) in [5.41, 5.74) is -0.0898. The third kappa shape index (κ3) is 9.13. The summed E-state index contributed by atoms with van der Waals surface area (Å²) < 4.78 is 75.3. The molecule has 0 aliphatic heterocycles. The van der Waals surface area contributed by atoms with E-state index in [0.29, 0.717) is 34.7 Å². The van der Waals surface area contributed by atoms with Crippen LogP contribution in [0, 0.1) is 0 Å². The van der Waals surface area contributed by atoms with Crippen LogP contribution in [0.2, 0.25) is 0 Å². The van der Waals surface area contributed by atoms with Gasteiger partial charge in [-0.25, -0.2) is 8.42 Å². The molecule has 0 aromatic heterocycles. The van der Waals surface area contributed by atoms with Crippen molar-refractivity contribution in [2.75, 3.05) is 24.5 Å². The zero-order chi connectivity index (χ0) is 34.0. The van der Waals surface area contributed by atoms with Gasteiger partial charge < -0.3 is 15.0 Å². The van der Waals surface area contributed by atoms with Crippen molar-refractivity contribution in [1.29, 1.82) is 0 Å². The number of carbonyl (C=O) groups excluding carboxylic acids is 2. The Kier molecular flexibility index (Phi) is 11.7. The second kappa shape index (κ2) is 15.6. The number of benzene rings is 4. The second-order valence-electron chi connectivity index (χ2n) is 10.7. The molecule has 0 saturated carbocycles. The summed E-state index contributed by atoms with van der Waals surface area (Å²) in [6.07, 6.45) is -4.04. The van der Waals surface area contributed by atoms with Crippen molar-refractivity contribution in [1.82, 2.24) is 10.2 Å². The van der Waals surface area contributed by atoms with Crippen LogP contribution >= 0.6 is 0 Å². The van der Waals surface area contributed by atoms with Gasteiger partial charge in [0.1, 0.15) is 18.3 Å². The van der Waals surface area contributed by atoms with E-state index in [4.69, 9.17) is 4.74 Å². The minimum absolute atomic E-state index is 0.0983. The first kappa shape index (κ1) is 35.0. The van der Waals surface area contributed by atoms with E-state index in [1.807, 2.05) is 25.1 Å². The SMILES string of the molecule is CCCNC(=O)[C@H](Cc1ccccc1)N(Cc1cccc(OC)c1)C(=O)CN(c1cccc(C(F)(F)F)c1)S(=O)(=O)c1ccccc1. The summed E-state index contributed by atoms with van der Waals surface area (Å²) in [5.74, 6) is -0.747. The third-order valence-corrected chi connectivity index (χ3v) is 9.17. The number of nitrogens with zero attached hydrogens (tertiary/aromatic N) is 2. The highest BCUT2D eigenvalue weighted by molar-refractivity contribution is 7.92. The first-order valence-corrected chi connectivity index (χ1v) is 16.4. The van der Waals surface area contributed by atoms with Crippen molar-refractivity contribution >= 4 is 27.5 Å². The molecular formula is C35H36F3N3O5S. The first-order chi connectivity index (χ1) is 22.4. The van der Waals surface area contributed by atoms with E-state index in [0.717, 1.165) is 17.7 Å². The van der Waals surface area contributed by atoms with Gasteiger partial charge in [-0.15, -0.1) is 0 Å². The quantitative estimate of drug-likeness (QED) is 0.176. The first-order valence-electron chi connectivity index (χ1n) is 14.9. The molecule has 1 atom stereocenters. The predicted octanol–water partition coefficient (Wildman–Crippen LogP) is 6.08. The molecule has 248 valence electrons. The summed E-state index contributed by atoms with van der Waals surface area (Å²) in [4.78, 5) is 29.2. The van der Waals surface area contributed by atoms with Crippen LogP contribution in [0.5, 0.6) is 5.75 Å². The fourth-order valence-electron chi connectivity index (χ4n) is 4.97. The van der Waals surface area contributed by atoms with Gasteiger partial charge in [-0.05, 0) is 60.0 Å². The number of halogens is 3. The minimum atomic E-state index is -4.77. The zero-order valence-electron chi connectivity index (χ0n) is 26.0. The highest BCUT2D eigenvalue weighted by Crippen LogP contribution is 2.33. The maximum absolute atomic E-state index is 14.4. The minimum Gasteiger partial charge on any atom is -0.497 e. The Hall–Kier alpha value is -4.84. The molecule has 0 saturated heterocycles. The van der Waals surface area contributed by atoms with Crippen LogP contribution in [0.1, 0.15) is 30.0 Å². The fourth-order valence-corrected chi connectivity index (χ4v) is 6.40. The summed E-state index contributed by atoms with van der Waals surface area (Å²) >= 11 is 0. The summed E-state index contributed by atoms with van der Waals surface area (Å²) in [6.45, 7) is 1.22. The maximum Gasteiger partial charge on any atom is 0.416 e. The van der Waals surface area contributed by atoms with Gasteiger partial charge in [-0.3, -0.25) is 13.9 Å². The van der Waals surface area contributed by atoms with Crippen LogP contribution in [-0.4, -0.2) is 51.4 Å². The van der Waals surface area contributed by atoms with Crippen LogP contribution in [0.4, 0.5) is 18.9 Å². The third-order valence-electron chi connectivity index (χ3n) is 7.38. The largest absolute Gasteiger partial charge is 0.497 e. The molecule has 4 aromatic carbocycles. The topological polar surface area (TPSA) is 96.0 Å². The molecule has 47 heavy (non-hydrogen) atoms. The van der Waals surface area contributed by atoms with Gasteiger partial charge in [0.25, 0.3) is 10.0 Å². The number of methoxy groups -OCH3 is 1. The molecule has 2 amide bonds. The molecule has 0 heterocycles. The molecule has 0 spiro atoms. The van der Waals surface area contributed by atoms with Crippen molar-refractivity contribution in [3.63, 3.8) is 0 Å². The zero-order valence-corrected chi connectivity index (χ0v) is 26.8. The molecule has 0 aliphatic rings. The van der Waals surface area contributed by atoms with Crippen LogP contribution in [0.25, 0.3) is 0 Å². The van der Waals surface area contributed by atoms with E-state index in [1.165, 1.54) is 42.3 Å². The molecule has 0 unspecified atom stereocenters. The van der Waals surface area contributed by atoms with Crippen LogP contribution in [0.15, 0.2) is 114 Å². The van der Waals surface area contributed by atoms with E-state index < -0.39 is 46.2 Å². The van der Waals surface area contributed by atoms with Crippen molar-refractivity contribution in [2.24, 2.45) is 0 Å². The lowest BCUT2D eigenvalue weighted by molar-refractivity contribution is -0.140. The molecule has 12 heteroatoms. The van der Waals surface area contributed by atoms with Crippen LogP contribution < -0.4 is 14.4 Å². The molecule has 0 fully saturated rings. The normalized spacial score (nSPS) is 12.2. The highest BCUT2D eigenvalue weighted by atomic mass is 32.2. The van der Waals surface area contributed by atoms with Gasteiger partial charge in [0, 0.05) is 19.5 Å². The van der Waals surface area contributed by atoms with Crippen molar-refractivity contribution in [2.45, 2.75) is 43.4 Å². The van der Waals surface area contributed by atoms with Gasteiger partial charge >= 0.3 is 6.18 Å². The number of hydrogen-bond acceptors (Lipinski definition) is 5. The number of anilines is 1. The van der Waals surface area contributed by atoms with Gasteiger partial charge in [0.05, 0.1) is 23.3 Å². The van der Waals surface area contributed by atoms with Gasteiger partial charge in [0.2, 0.25) is 11.8 Å². The molecule has 0 bridgehead atoms. The molecule has 0 radical (unpaired) electrons. The number of amides is 2. The Bertz CT molecular complexity index is 1750. The standard InChI is InChI=1S/C35H36F3N3O5S/c1-3-20-39-34(43)32(22-26-12-6-4-7-13-26)40(24-27-14-10-17-30(21-27)46-2)33(42)25-41(47(44,45)31-18-8-5-9-19-31)29-16-11-15-28(23-29)35(36,37)38/h4-19,21,23,32H,3,20,22,24-25H2,1-2H3,(H,39,43)/t32-/m0/s1. The summed E-state index contributed by atoms with van der Waals surface area (Å²) in [6, 6.07) is 25.7. The van der Waals surface area contributed by atoms with Gasteiger partial charge in [-0.2, -0.15) is 13.2 Å². The number of nitrogens with one attached hydrogen (secondary N) is 1. The Labute approximate surface area is 272 Å². The number of alkyl halides is 3. The van der Waals surface area contributed by atoms with Crippen molar-refractivity contribution in [3.8, 4) is 5.75 Å². The number of sulfonamides is 1. The molecule has 1 N–H and O–H groups in total. The van der Waals surface area contributed by atoms with Gasteiger partial charge in [-0.1, -0.05) is 73.7 Å². The average molecular weight is 668 g/mol. The van der Waals surface area contributed by atoms with Crippen LogP contribution in [-0.2, 0) is 38.8 Å². The molecule has 8 nitrogen and oxygen atoms in total. The van der Waals surface area contributed by atoms with E-state index >= 15 is 0 Å². The van der Waals surface area contributed by atoms with E-state index in [9.17, 15) is 31.2 Å². The summed E-state index contributed by atoms with van der Waals surface area (Å²) in [7, 11) is -3.06. The lowest BCUT2D eigenvalue weighted by atomic mass is 10.0. The summed E-state index contributed by atoms with van der Waals surface area (Å²) in [5, 5.41) is 2.85. The number of hydrogen-bond donors (Lipinski definition) is 1.